The van der Waals surface area contributed by atoms with Crippen molar-refractivity contribution in [2.75, 3.05) is 32.6 Å². The fraction of sp³-hybridized carbons (Fsp3) is 0.286. The van der Waals surface area contributed by atoms with Gasteiger partial charge in [0, 0.05) is 60.7 Å². The molecular weight excluding hydrogens is 577 g/mol. The van der Waals surface area contributed by atoms with E-state index in [2.05, 4.69) is 21.2 Å². The molecule has 3 amide bonds. The second kappa shape index (κ2) is 12.6. The molecule has 1 aliphatic rings. The van der Waals surface area contributed by atoms with E-state index >= 15 is 0 Å². The molecule has 4 rings (SSSR count). The van der Waals surface area contributed by atoms with Crippen molar-refractivity contribution in [3.63, 3.8) is 0 Å². The van der Waals surface area contributed by atoms with Gasteiger partial charge in [0.15, 0.2) is 0 Å². The van der Waals surface area contributed by atoms with Crippen LogP contribution in [-0.2, 0) is 11.3 Å². The van der Waals surface area contributed by atoms with Crippen LogP contribution in [0.4, 0.5) is 14.9 Å². The van der Waals surface area contributed by atoms with Gasteiger partial charge < -0.3 is 24.6 Å². The van der Waals surface area contributed by atoms with Gasteiger partial charge in [-0.25, -0.2) is 9.18 Å². The number of nitrogens with zero attached hydrogens (tertiary/aromatic N) is 2. The van der Waals surface area contributed by atoms with Crippen LogP contribution in [0.1, 0.15) is 28.8 Å². The first-order chi connectivity index (χ1) is 18.2. The highest BCUT2D eigenvalue weighted by Gasteiger charge is 2.23. The second-order valence-electron chi connectivity index (χ2n) is 9.05. The van der Waals surface area contributed by atoms with Gasteiger partial charge in [0.1, 0.15) is 17.3 Å². The van der Waals surface area contributed by atoms with Crippen LogP contribution in [0.15, 0.2) is 65.1 Å². The van der Waals surface area contributed by atoms with Crippen molar-refractivity contribution in [2.24, 2.45) is 0 Å². The first-order valence-corrected chi connectivity index (χ1v) is 13.3. The molecule has 0 radical (unpaired) electrons. The molecule has 0 atom stereocenters. The minimum atomic E-state index is -0.534. The standard InChI is InChI=1S/C28H28BrClFN3O4/c1-33(17-19-3-6-20(29)15-26(19)38-23-9-10-25(31)24(30)16-23)28(36)32-21-7-4-18(5-8-21)27(35)34(2)22-11-13-37-14-12-22/h3-10,15-16,22H,11-14,17H2,1-2H3,(H,32,36). The van der Waals surface area contributed by atoms with Crippen LogP contribution in [0, 0.1) is 5.82 Å². The van der Waals surface area contributed by atoms with Crippen molar-refractivity contribution in [2.45, 2.75) is 25.4 Å². The zero-order chi connectivity index (χ0) is 27.2. The Morgan fingerprint density at radius 3 is 2.47 bits per heavy atom. The molecule has 1 heterocycles. The molecule has 38 heavy (non-hydrogen) atoms. The van der Waals surface area contributed by atoms with Gasteiger partial charge in [-0.1, -0.05) is 33.6 Å². The number of halogens is 3. The molecule has 1 N–H and O–H groups in total. The molecule has 1 aliphatic heterocycles. The molecule has 0 aliphatic carbocycles. The average molecular weight is 605 g/mol. The molecule has 0 unspecified atom stereocenters. The molecule has 3 aromatic carbocycles. The van der Waals surface area contributed by atoms with Gasteiger partial charge in [0.2, 0.25) is 0 Å². The Kier molecular flexibility index (Phi) is 9.25. The van der Waals surface area contributed by atoms with E-state index in [9.17, 15) is 14.0 Å². The maximum atomic E-state index is 13.5. The number of nitrogens with one attached hydrogen (secondary N) is 1. The molecule has 0 aromatic heterocycles. The minimum Gasteiger partial charge on any atom is -0.457 e. The topological polar surface area (TPSA) is 71.1 Å². The number of carbonyl (C=O) groups is 2. The monoisotopic (exact) mass is 603 g/mol. The number of hydrogen-bond acceptors (Lipinski definition) is 4. The number of rotatable bonds is 7. The highest BCUT2D eigenvalue weighted by molar-refractivity contribution is 9.10. The van der Waals surface area contributed by atoms with Crippen LogP contribution in [0.5, 0.6) is 11.5 Å². The van der Waals surface area contributed by atoms with Gasteiger partial charge in [-0.15, -0.1) is 0 Å². The lowest BCUT2D eigenvalue weighted by atomic mass is 10.1. The summed E-state index contributed by atoms with van der Waals surface area (Å²) in [6.45, 7) is 1.57. The van der Waals surface area contributed by atoms with Crippen molar-refractivity contribution in [3.05, 3.63) is 87.1 Å². The quantitative estimate of drug-likeness (QED) is 0.317. The molecular formula is C28H28BrClFN3O4. The number of urea groups is 1. The third-order valence-corrected chi connectivity index (χ3v) is 7.13. The number of ether oxygens (including phenoxy) is 2. The van der Waals surface area contributed by atoms with E-state index in [0.29, 0.717) is 36.0 Å². The molecule has 0 bridgehead atoms. The zero-order valence-electron chi connectivity index (χ0n) is 21.0. The summed E-state index contributed by atoms with van der Waals surface area (Å²) >= 11 is 9.31. The lowest BCUT2D eigenvalue weighted by Crippen LogP contribution is -2.40. The van der Waals surface area contributed by atoms with Gasteiger partial charge >= 0.3 is 6.03 Å². The third-order valence-electron chi connectivity index (χ3n) is 6.34. The van der Waals surface area contributed by atoms with Crippen LogP contribution in [-0.4, -0.2) is 55.1 Å². The summed E-state index contributed by atoms with van der Waals surface area (Å²) in [6.07, 6.45) is 1.65. The van der Waals surface area contributed by atoms with Crippen molar-refractivity contribution in [1.82, 2.24) is 9.80 Å². The summed E-state index contributed by atoms with van der Waals surface area (Å²) < 4.78 is 25.6. The predicted molar refractivity (Wildman–Crippen MR) is 148 cm³/mol. The Bertz CT molecular complexity index is 1300. The van der Waals surface area contributed by atoms with Gasteiger partial charge in [-0.3, -0.25) is 4.79 Å². The Balaban J connectivity index is 1.38. The van der Waals surface area contributed by atoms with E-state index in [1.165, 1.54) is 23.1 Å². The van der Waals surface area contributed by atoms with E-state index in [1.807, 2.05) is 19.2 Å². The highest BCUT2D eigenvalue weighted by Crippen LogP contribution is 2.31. The summed E-state index contributed by atoms with van der Waals surface area (Å²) in [5.41, 5.74) is 1.87. The van der Waals surface area contributed by atoms with Gasteiger partial charge in [0.25, 0.3) is 5.91 Å². The first kappa shape index (κ1) is 27.9. The van der Waals surface area contributed by atoms with E-state index in [1.54, 1.807) is 42.3 Å². The van der Waals surface area contributed by atoms with Crippen LogP contribution in [0.3, 0.4) is 0 Å². The smallest absolute Gasteiger partial charge is 0.321 e. The summed E-state index contributed by atoms with van der Waals surface area (Å²) in [6, 6.07) is 16.2. The molecule has 0 spiro atoms. The van der Waals surface area contributed by atoms with Crippen LogP contribution < -0.4 is 10.1 Å². The van der Waals surface area contributed by atoms with Crippen molar-refractivity contribution < 1.29 is 23.5 Å². The van der Waals surface area contributed by atoms with Crippen LogP contribution in [0.2, 0.25) is 5.02 Å². The molecule has 0 saturated carbocycles. The Morgan fingerprint density at radius 1 is 1.08 bits per heavy atom. The SMILES string of the molecule is CN(Cc1ccc(Br)cc1Oc1ccc(F)c(Cl)c1)C(=O)Nc1ccc(C(=O)N(C)C2CCOCC2)cc1. The summed E-state index contributed by atoms with van der Waals surface area (Å²) in [5.74, 6) is 0.281. The molecule has 10 heteroatoms. The van der Waals surface area contributed by atoms with E-state index in [-0.39, 0.29) is 29.5 Å². The summed E-state index contributed by atoms with van der Waals surface area (Å²) in [7, 11) is 3.48. The molecule has 200 valence electrons. The van der Waals surface area contributed by atoms with E-state index in [4.69, 9.17) is 21.1 Å². The van der Waals surface area contributed by atoms with Crippen LogP contribution in [0.25, 0.3) is 0 Å². The number of benzene rings is 3. The highest BCUT2D eigenvalue weighted by atomic mass is 79.9. The number of amides is 3. The van der Waals surface area contributed by atoms with Crippen molar-refractivity contribution in [1.29, 1.82) is 0 Å². The van der Waals surface area contributed by atoms with Crippen LogP contribution >= 0.6 is 27.5 Å². The minimum absolute atomic E-state index is 0.0431. The molecule has 7 nitrogen and oxygen atoms in total. The Labute approximate surface area is 234 Å². The Morgan fingerprint density at radius 2 is 1.79 bits per heavy atom. The number of carbonyl (C=O) groups excluding carboxylic acids is 2. The normalized spacial score (nSPS) is 13.6. The lowest BCUT2D eigenvalue weighted by Gasteiger charge is -2.31. The summed E-state index contributed by atoms with van der Waals surface area (Å²) in [5, 5.41) is 2.81. The third kappa shape index (κ3) is 7.03. The zero-order valence-corrected chi connectivity index (χ0v) is 23.4. The maximum absolute atomic E-state index is 13.5. The lowest BCUT2D eigenvalue weighted by molar-refractivity contribution is 0.0362. The second-order valence-corrected chi connectivity index (χ2v) is 10.4. The fourth-order valence-electron chi connectivity index (χ4n) is 4.11. The molecule has 1 fully saturated rings. The largest absolute Gasteiger partial charge is 0.457 e. The molecule has 1 saturated heterocycles. The van der Waals surface area contributed by atoms with Gasteiger partial charge in [-0.05, 0) is 61.4 Å². The fourth-order valence-corrected chi connectivity index (χ4v) is 4.62. The average Bonchev–Trinajstić information content (AvgIpc) is 2.92. The Hall–Kier alpha value is -3.14. The van der Waals surface area contributed by atoms with E-state index < -0.39 is 5.82 Å². The van der Waals surface area contributed by atoms with Crippen molar-refractivity contribution in [3.8, 4) is 11.5 Å². The maximum Gasteiger partial charge on any atom is 0.321 e. The number of hydrogen-bond donors (Lipinski definition) is 1. The summed E-state index contributed by atoms with van der Waals surface area (Å²) in [4.78, 5) is 29.0. The first-order valence-electron chi connectivity index (χ1n) is 12.1. The van der Waals surface area contributed by atoms with E-state index in [0.717, 1.165) is 22.9 Å². The number of anilines is 1. The molecule has 3 aromatic rings. The van der Waals surface area contributed by atoms with Crippen molar-refractivity contribution >= 4 is 45.2 Å². The predicted octanol–water partition coefficient (Wildman–Crippen LogP) is 6.95. The van der Waals surface area contributed by atoms with Gasteiger partial charge in [-0.2, -0.15) is 0 Å². The van der Waals surface area contributed by atoms with Gasteiger partial charge in [0.05, 0.1) is 11.6 Å².